The van der Waals surface area contributed by atoms with E-state index in [0.29, 0.717) is 5.56 Å². The predicted octanol–water partition coefficient (Wildman–Crippen LogP) is 0.900. The topological polar surface area (TPSA) is 46.6 Å². The molecule has 0 aliphatic heterocycles. The highest BCUT2D eigenvalue weighted by Gasteiger charge is 2.23. The van der Waals surface area contributed by atoms with Crippen molar-refractivity contribution in [3.8, 4) is 0 Å². The van der Waals surface area contributed by atoms with E-state index < -0.39 is 6.10 Å². The van der Waals surface area contributed by atoms with Crippen molar-refractivity contribution in [3.05, 3.63) is 35.9 Å². The maximum Gasteiger partial charge on any atom is 0.418 e. The Hall–Kier alpha value is -1.84. The molecular formula is C11H12NO3. The maximum atomic E-state index is 11.7. The summed E-state index contributed by atoms with van der Waals surface area (Å²) in [6, 6.07) is 8.83. The van der Waals surface area contributed by atoms with Gasteiger partial charge >= 0.3 is 6.47 Å². The van der Waals surface area contributed by atoms with E-state index in [0.717, 1.165) is 0 Å². The second-order valence-electron chi connectivity index (χ2n) is 3.22. The molecule has 0 bridgehead atoms. The van der Waals surface area contributed by atoms with Gasteiger partial charge in [-0.2, -0.15) is 0 Å². The standard InChI is InChI=1S/C11H12NO3/c1-12(2)11(14)10(15-8-13)9-6-4-3-5-7-9/h3-7,10H,1-2H3. The Morgan fingerprint density at radius 2 is 1.93 bits per heavy atom. The van der Waals surface area contributed by atoms with Gasteiger partial charge in [-0.05, 0) is 0 Å². The molecule has 0 fully saturated rings. The van der Waals surface area contributed by atoms with Crippen LogP contribution in [0, 0.1) is 0 Å². The van der Waals surface area contributed by atoms with Crippen molar-refractivity contribution in [2.75, 3.05) is 14.1 Å². The first-order valence-electron chi connectivity index (χ1n) is 4.45. The predicted molar refractivity (Wildman–Crippen MR) is 54.7 cm³/mol. The van der Waals surface area contributed by atoms with Gasteiger partial charge in [-0.25, -0.2) is 4.79 Å². The summed E-state index contributed by atoms with van der Waals surface area (Å²) in [7, 11) is 3.21. The molecule has 4 heteroatoms. The van der Waals surface area contributed by atoms with Crippen molar-refractivity contribution in [2.24, 2.45) is 0 Å². The van der Waals surface area contributed by atoms with Gasteiger partial charge in [0.25, 0.3) is 5.91 Å². The Balaban J connectivity index is 2.93. The van der Waals surface area contributed by atoms with Crippen LogP contribution in [0.15, 0.2) is 30.3 Å². The van der Waals surface area contributed by atoms with E-state index in [2.05, 4.69) is 4.74 Å². The second-order valence-corrected chi connectivity index (χ2v) is 3.22. The fourth-order valence-corrected chi connectivity index (χ4v) is 1.17. The van der Waals surface area contributed by atoms with Gasteiger partial charge in [0.2, 0.25) is 6.10 Å². The number of benzene rings is 1. The average molecular weight is 206 g/mol. The Kier molecular flexibility index (Phi) is 3.85. The SMILES string of the molecule is CN(C)C(=O)C(O[C]=O)c1ccccc1. The van der Waals surface area contributed by atoms with Crippen LogP contribution in [0.5, 0.6) is 0 Å². The molecule has 0 aliphatic rings. The van der Waals surface area contributed by atoms with Gasteiger partial charge in [-0.1, -0.05) is 30.3 Å². The van der Waals surface area contributed by atoms with Crippen LogP contribution >= 0.6 is 0 Å². The van der Waals surface area contributed by atoms with E-state index in [1.165, 1.54) is 11.4 Å². The first-order chi connectivity index (χ1) is 7.16. The summed E-state index contributed by atoms with van der Waals surface area (Å²) < 4.78 is 4.65. The van der Waals surface area contributed by atoms with Crippen LogP contribution in [-0.4, -0.2) is 31.4 Å². The first kappa shape index (κ1) is 11.2. The molecule has 1 unspecified atom stereocenters. The number of hydrogen-bond donors (Lipinski definition) is 0. The highest BCUT2D eigenvalue weighted by molar-refractivity contribution is 5.82. The molecule has 0 heterocycles. The minimum absolute atomic E-state index is 0.287. The lowest BCUT2D eigenvalue weighted by Gasteiger charge is -2.18. The molecule has 1 rings (SSSR count). The molecule has 0 aromatic heterocycles. The molecule has 79 valence electrons. The lowest BCUT2D eigenvalue weighted by molar-refractivity contribution is -0.137. The summed E-state index contributed by atoms with van der Waals surface area (Å²) in [5.41, 5.74) is 0.638. The van der Waals surface area contributed by atoms with E-state index >= 15 is 0 Å². The van der Waals surface area contributed by atoms with E-state index in [9.17, 15) is 9.59 Å². The normalized spacial score (nSPS) is 11.6. The number of ether oxygens (including phenoxy) is 1. The Bertz CT molecular complexity index is 335. The van der Waals surface area contributed by atoms with Crippen molar-refractivity contribution in [3.63, 3.8) is 0 Å². The van der Waals surface area contributed by atoms with Gasteiger partial charge in [0.15, 0.2) is 0 Å². The molecule has 0 spiro atoms. The van der Waals surface area contributed by atoms with E-state index in [1.54, 1.807) is 38.4 Å². The Morgan fingerprint density at radius 3 is 2.40 bits per heavy atom. The van der Waals surface area contributed by atoms with Crippen molar-refractivity contribution in [1.29, 1.82) is 0 Å². The fraction of sp³-hybridized carbons (Fsp3) is 0.273. The number of amides is 1. The summed E-state index contributed by atoms with van der Waals surface area (Å²) in [4.78, 5) is 23.2. The van der Waals surface area contributed by atoms with Crippen molar-refractivity contribution in [1.82, 2.24) is 4.90 Å². The number of carbonyl (C=O) groups is 1. The lowest BCUT2D eigenvalue weighted by atomic mass is 10.1. The van der Waals surface area contributed by atoms with Crippen LogP contribution in [0.1, 0.15) is 11.7 Å². The molecule has 0 saturated carbocycles. The van der Waals surface area contributed by atoms with Gasteiger partial charge in [-0.3, -0.25) is 4.79 Å². The molecule has 15 heavy (non-hydrogen) atoms. The maximum absolute atomic E-state index is 11.7. The molecular weight excluding hydrogens is 194 g/mol. The molecule has 4 nitrogen and oxygen atoms in total. The summed E-state index contributed by atoms with van der Waals surface area (Å²) >= 11 is 0. The number of rotatable bonds is 4. The minimum Gasteiger partial charge on any atom is -0.439 e. The largest absolute Gasteiger partial charge is 0.439 e. The van der Waals surface area contributed by atoms with Crippen LogP contribution in [0.2, 0.25) is 0 Å². The minimum atomic E-state index is -0.904. The second kappa shape index (κ2) is 5.14. The number of likely N-dealkylation sites (N-methyl/N-ethyl adjacent to an activating group) is 1. The van der Waals surface area contributed by atoms with Crippen molar-refractivity contribution in [2.45, 2.75) is 6.10 Å². The summed E-state index contributed by atoms with van der Waals surface area (Å²) in [5.74, 6) is -0.287. The third kappa shape index (κ3) is 2.80. The smallest absolute Gasteiger partial charge is 0.418 e. The van der Waals surface area contributed by atoms with Crippen LogP contribution in [0.25, 0.3) is 0 Å². The molecule has 0 N–H and O–H groups in total. The highest BCUT2D eigenvalue weighted by Crippen LogP contribution is 2.17. The zero-order chi connectivity index (χ0) is 11.3. The Morgan fingerprint density at radius 1 is 1.33 bits per heavy atom. The fourth-order valence-electron chi connectivity index (χ4n) is 1.17. The van der Waals surface area contributed by atoms with Crippen molar-refractivity contribution < 1.29 is 14.3 Å². The van der Waals surface area contributed by atoms with E-state index in [-0.39, 0.29) is 5.91 Å². The third-order valence-corrected chi connectivity index (χ3v) is 1.93. The number of hydrogen-bond acceptors (Lipinski definition) is 3. The number of carbonyl (C=O) groups excluding carboxylic acids is 2. The average Bonchev–Trinajstić information content (AvgIpc) is 2.26. The molecule has 1 aromatic carbocycles. The monoisotopic (exact) mass is 206 g/mol. The van der Waals surface area contributed by atoms with Crippen molar-refractivity contribution >= 4 is 12.4 Å². The molecule has 0 saturated heterocycles. The van der Waals surface area contributed by atoms with E-state index in [1.807, 2.05) is 6.07 Å². The first-order valence-corrected chi connectivity index (χ1v) is 4.45. The molecule has 0 aliphatic carbocycles. The molecule has 1 aromatic rings. The number of nitrogens with zero attached hydrogens (tertiary/aromatic N) is 1. The lowest BCUT2D eigenvalue weighted by Crippen LogP contribution is -2.29. The summed E-state index contributed by atoms with van der Waals surface area (Å²) in [6.45, 7) is 1.30. The quantitative estimate of drug-likeness (QED) is 0.735. The van der Waals surface area contributed by atoms with Crippen LogP contribution in [0.3, 0.4) is 0 Å². The van der Waals surface area contributed by atoms with Crippen LogP contribution in [0.4, 0.5) is 0 Å². The molecule has 1 amide bonds. The van der Waals surface area contributed by atoms with Crippen LogP contribution in [-0.2, 0) is 14.3 Å². The third-order valence-electron chi connectivity index (χ3n) is 1.93. The molecule has 1 radical (unpaired) electrons. The van der Waals surface area contributed by atoms with Gasteiger partial charge < -0.3 is 9.64 Å². The van der Waals surface area contributed by atoms with Gasteiger partial charge in [0, 0.05) is 19.7 Å². The van der Waals surface area contributed by atoms with E-state index in [4.69, 9.17) is 0 Å². The highest BCUT2D eigenvalue weighted by atomic mass is 16.5. The zero-order valence-corrected chi connectivity index (χ0v) is 8.64. The Labute approximate surface area is 88.5 Å². The van der Waals surface area contributed by atoms with Crippen LogP contribution < -0.4 is 0 Å². The summed E-state index contributed by atoms with van der Waals surface area (Å²) in [5, 5.41) is 0. The zero-order valence-electron chi connectivity index (χ0n) is 8.64. The van der Waals surface area contributed by atoms with Gasteiger partial charge in [0.05, 0.1) is 0 Å². The molecule has 1 atom stereocenters. The van der Waals surface area contributed by atoms with Gasteiger partial charge in [-0.15, -0.1) is 0 Å². The van der Waals surface area contributed by atoms with Gasteiger partial charge in [0.1, 0.15) is 0 Å². The summed E-state index contributed by atoms with van der Waals surface area (Å²) in [6.07, 6.45) is -0.904.